The maximum atomic E-state index is 13.0. The topological polar surface area (TPSA) is 110 Å². The molecule has 0 aliphatic carbocycles. The Bertz CT molecular complexity index is 759. The molecule has 0 spiro atoms. The minimum Gasteiger partial charge on any atom is -0.481 e. The maximum Gasteiger partial charge on any atom is 0.305 e. The number of carbonyl (C=O) groups is 2. The minimum absolute atomic E-state index is 0.151. The Morgan fingerprint density at radius 2 is 1.71 bits per heavy atom. The van der Waals surface area contributed by atoms with E-state index in [1.165, 1.54) is 48.5 Å². The molecule has 7 nitrogen and oxygen atoms in total. The van der Waals surface area contributed by atoms with Crippen molar-refractivity contribution in [2.24, 2.45) is 0 Å². The first-order valence-corrected chi connectivity index (χ1v) is 6.89. The normalized spacial score (nSPS) is 11.5. The third-order valence-corrected chi connectivity index (χ3v) is 3.30. The van der Waals surface area contributed by atoms with Crippen molar-refractivity contribution in [3.05, 3.63) is 75.6 Å². The van der Waals surface area contributed by atoms with Crippen LogP contribution >= 0.6 is 0 Å². The van der Waals surface area contributed by atoms with Gasteiger partial charge in [0, 0.05) is 17.7 Å². The van der Waals surface area contributed by atoms with Crippen LogP contribution in [0.25, 0.3) is 0 Å². The zero-order chi connectivity index (χ0) is 17.7. The number of nitrogens with zero attached hydrogens (tertiary/aromatic N) is 1. The van der Waals surface area contributed by atoms with Crippen LogP contribution in [0.3, 0.4) is 0 Å². The summed E-state index contributed by atoms with van der Waals surface area (Å²) in [6, 6.07) is 9.16. The van der Waals surface area contributed by atoms with E-state index in [1.54, 1.807) is 0 Å². The molecule has 0 fully saturated rings. The number of aliphatic carboxylic acids is 1. The quantitative estimate of drug-likeness (QED) is 0.624. The maximum absolute atomic E-state index is 13.0. The molecule has 2 rings (SSSR count). The van der Waals surface area contributed by atoms with Gasteiger partial charge < -0.3 is 10.4 Å². The van der Waals surface area contributed by atoms with Gasteiger partial charge in [-0.05, 0) is 29.8 Å². The molecule has 24 heavy (non-hydrogen) atoms. The molecule has 2 N–H and O–H groups in total. The average Bonchev–Trinajstić information content (AvgIpc) is 2.54. The smallest absolute Gasteiger partial charge is 0.305 e. The number of hydrogen-bond acceptors (Lipinski definition) is 4. The molecule has 0 saturated heterocycles. The summed E-state index contributed by atoms with van der Waals surface area (Å²) < 4.78 is 13.0. The summed E-state index contributed by atoms with van der Waals surface area (Å²) in [5.74, 6) is -2.19. The van der Waals surface area contributed by atoms with Crippen LogP contribution in [0.4, 0.5) is 10.1 Å². The van der Waals surface area contributed by atoms with Gasteiger partial charge in [-0.15, -0.1) is 0 Å². The molecule has 1 amide bonds. The lowest BCUT2D eigenvalue weighted by atomic mass is 10.0. The second-order valence-electron chi connectivity index (χ2n) is 4.98. The number of halogens is 1. The van der Waals surface area contributed by atoms with E-state index in [2.05, 4.69) is 5.32 Å². The highest BCUT2D eigenvalue weighted by Crippen LogP contribution is 2.19. The van der Waals surface area contributed by atoms with Crippen molar-refractivity contribution >= 4 is 17.6 Å². The lowest BCUT2D eigenvalue weighted by Crippen LogP contribution is -2.30. The first-order chi connectivity index (χ1) is 11.4. The number of nitro benzene ring substituents is 1. The highest BCUT2D eigenvalue weighted by Gasteiger charge is 2.19. The first kappa shape index (κ1) is 17.1. The van der Waals surface area contributed by atoms with E-state index >= 15 is 0 Å². The third kappa shape index (κ3) is 4.35. The van der Waals surface area contributed by atoms with Crippen LogP contribution in [0.5, 0.6) is 0 Å². The van der Waals surface area contributed by atoms with Crippen LogP contribution in [0.2, 0.25) is 0 Å². The number of amides is 1. The Kier molecular flexibility index (Phi) is 5.20. The van der Waals surface area contributed by atoms with Crippen LogP contribution in [-0.2, 0) is 4.79 Å². The van der Waals surface area contributed by atoms with Crippen molar-refractivity contribution in [1.29, 1.82) is 0 Å². The molecule has 8 heteroatoms. The van der Waals surface area contributed by atoms with E-state index in [4.69, 9.17) is 5.11 Å². The third-order valence-electron chi connectivity index (χ3n) is 3.30. The van der Waals surface area contributed by atoms with E-state index in [9.17, 15) is 24.1 Å². The molecule has 0 radical (unpaired) electrons. The molecular formula is C16H13FN2O5. The Balaban J connectivity index is 2.18. The van der Waals surface area contributed by atoms with E-state index in [0.29, 0.717) is 5.56 Å². The van der Waals surface area contributed by atoms with Gasteiger partial charge in [0.05, 0.1) is 17.4 Å². The summed E-state index contributed by atoms with van der Waals surface area (Å²) in [7, 11) is 0. The number of carbonyl (C=O) groups excluding carboxylic acids is 1. The van der Waals surface area contributed by atoms with E-state index < -0.39 is 28.7 Å². The Morgan fingerprint density at radius 1 is 1.12 bits per heavy atom. The Morgan fingerprint density at radius 3 is 2.21 bits per heavy atom. The highest BCUT2D eigenvalue weighted by atomic mass is 19.1. The van der Waals surface area contributed by atoms with Crippen molar-refractivity contribution < 1.29 is 24.0 Å². The minimum atomic E-state index is -1.13. The fourth-order valence-electron chi connectivity index (χ4n) is 2.10. The molecule has 1 atom stereocenters. The molecule has 0 aliphatic rings. The van der Waals surface area contributed by atoms with Gasteiger partial charge in [-0.2, -0.15) is 0 Å². The molecule has 0 bridgehead atoms. The van der Waals surface area contributed by atoms with E-state index in [1.807, 2.05) is 0 Å². The Hall–Kier alpha value is -3.29. The van der Waals surface area contributed by atoms with Crippen molar-refractivity contribution in [3.8, 4) is 0 Å². The fourth-order valence-corrected chi connectivity index (χ4v) is 2.10. The molecule has 124 valence electrons. The predicted molar refractivity (Wildman–Crippen MR) is 82.0 cm³/mol. The van der Waals surface area contributed by atoms with Crippen LogP contribution in [0, 0.1) is 15.9 Å². The van der Waals surface area contributed by atoms with Crippen molar-refractivity contribution in [1.82, 2.24) is 5.32 Å². The van der Waals surface area contributed by atoms with Crippen LogP contribution in [0.1, 0.15) is 28.4 Å². The number of rotatable bonds is 6. The second-order valence-corrected chi connectivity index (χ2v) is 4.98. The lowest BCUT2D eigenvalue weighted by Gasteiger charge is -2.17. The van der Waals surface area contributed by atoms with Crippen molar-refractivity contribution in [2.45, 2.75) is 12.5 Å². The molecule has 0 aromatic heterocycles. The number of non-ortho nitro benzene ring substituents is 1. The zero-order valence-corrected chi connectivity index (χ0v) is 12.3. The SMILES string of the molecule is O=C(O)CC(NC(=O)c1ccc([N+](=O)[O-])cc1)c1ccc(F)cc1. The average molecular weight is 332 g/mol. The van der Waals surface area contributed by atoms with E-state index in [-0.39, 0.29) is 17.7 Å². The summed E-state index contributed by atoms with van der Waals surface area (Å²) in [5, 5.41) is 22.1. The second kappa shape index (κ2) is 7.32. The molecular weight excluding hydrogens is 319 g/mol. The number of nitro groups is 1. The number of nitrogens with one attached hydrogen (secondary N) is 1. The fraction of sp³-hybridized carbons (Fsp3) is 0.125. The summed E-state index contributed by atoms with van der Waals surface area (Å²) in [5.41, 5.74) is 0.430. The molecule has 2 aromatic rings. The highest BCUT2D eigenvalue weighted by molar-refractivity contribution is 5.94. The number of carboxylic acid groups (broad SMARTS) is 1. The lowest BCUT2D eigenvalue weighted by molar-refractivity contribution is -0.384. The summed E-state index contributed by atoms with van der Waals surface area (Å²) in [6.45, 7) is 0. The van der Waals surface area contributed by atoms with Gasteiger partial charge in [-0.3, -0.25) is 19.7 Å². The largest absolute Gasteiger partial charge is 0.481 e. The monoisotopic (exact) mass is 332 g/mol. The summed E-state index contributed by atoms with van der Waals surface area (Å²) in [4.78, 5) is 33.2. The Labute approximate surface area is 135 Å². The van der Waals surface area contributed by atoms with Gasteiger partial charge in [-0.1, -0.05) is 12.1 Å². The van der Waals surface area contributed by atoms with E-state index in [0.717, 1.165) is 0 Å². The number of hydrogen-bond donors (Lipinski definition) is 2. The first-order valence-electron chi connectivity index (χ1n) is 6.89. The van der Waals surface area contributed by atoms with Gasteiger partial charge in [0.1, 0.15) is 5.82 Å². The number of benzene rings is 2. The predicted octanol–water partition coefficient (Wildman–Crippen LogP) is 2.68. The molecule has 1 unspecified atom stereocenters. The molecule has 2 aromatic carbocycles. The standard InChI is InChI=1S/C16H13FN2O5/c17-12-5-1-10(2-6-12)14(9-15(20)21)18-16(22)11-3-7-13(8-4-11)19(23)24/h1-8,14H,9H2,(H,18,22)(H,20,21). The molecule has 0 saturated carbocycles. The van der Waals surface area contributed by atoms with Crippen LogP contribution in [0.15, 0.2) is 48.5 Å². The van der Waals surface area contributed by atoms with Crippen LogP contribution < -0.4 is 5.32 Å². The summed E-state index contributed by atoms with van der Waals surface area (Å²) in [6.07, 6.45) is -0.385. The van der Waals surface area contributed by atoms with Gasteiger partial charge in [0.15, 0.2) is 0 Å². The molecule has 0 heterocycles. The van der Waals surface area contributed by atoms with Gasteiger partial charge >= 0.3 is 5.97 Å². The van der Waals surface area contributed by atoms with Gasteiger partial charge in [0.25, 0.3) is 11.6 Å². The number of carboxylic acids is 1. The van der Waals surface area contributed by atoms with Crippen LogP contribution in [-0.4, -0.2) is 21.9 Å². The van der Waals surface area contributed by atoms with Crippen molar-refractivity contribution in [2.75, 3.05) is 0 Å². The van der Waals surface area contributed by atoms with Gasteiger partial charge in [-0.25, -0.2) is 4.39 Å². The zero-order valence-electron chi connectivity index (χ0n) is 12.3. The van der Waals surface area contributed by atoms with Gasteiger partial charge in [0.2, 0.25) is 0 Å². The summed E-state index contributed by atoms with van der Waals surface area (Å²) >= 11 is 0. The molecule has 0 aliphatic heterocycles. The van der Waals surface area contributed by atoms with Crippen molar-refractivity contribution in [3.63, 3.8) is 0 Å².